The van der Waals surface area contributed by atoms with Crippen LogP contribution >= 0.6 is 0 Å². The molecular weight excluding hydrogens is 391 g/mol. The summed E-state index contributed by atoms with van der Waals surface area (Å²) in [5, 5.41) is 2.94. The van der Waals surface area contributed by atoms with Gasteiger partial charge in [-0.05, 0) is 54.4 Å². The summed E-state index contributed by atoms with van der Waals surface area (Å²) < 4.78 is 40.6. The zero-order valence-electron chi connectivity index (χ0n) is 15.8. The van der Waals surface area contributed by atoms with E-state index in [-0.39, 0.29) is 28.1 Å². The highest BCUT2D eigenvalue weighted by molar-refractivity contribution is 7.92. The fourth-order valence-electron chi connectivity index (χ4n) is 2.88. The predicted octanol–water partition coefficient (Wildman–Crippen LogP) is 4.51. The highest BCUT2D eigenvalue weighted by atomic mass is 32.2. The summed E-state index contributed by atoms with van der Waals surface area (Å²) in [6.07, 6.45) is 0.694. The first-order valence-corrected chi connectivity index (χ1v) is 10.6. The van der Waals surface area contributed by atoms with Crippen molar-refractivity contribution in [2.24, 2.45) is 0 Å². The number of amides is 1. The molecule has 150 valence electrons. The Kier molecular flexibility index (Phi) is 6.29. The second-order valence-corrected chi connectivity index (χ2v) is 8.17. The fourth-order valence-corrected chi connectivity index (χ4v) is 3.99. The molecule has 0 heterocycles. The minimum Gasteiger partial charge on any atom is -0.345 e. The summed E-state index contributed by atoms with van der Waals surface area (Å²) in [6.45, 7) is 1.96. The van der Waals surface area contributed by atoms with E-state index in [1.54, 1.807) is 6.07 Å². The van der Waals surface area contributed by atoms with E-state index in [4.69, 9.17) is 0 Å². The number of carbonyl (C=O) groups excluding carboxylic acids is 1. The Morgan fingerprint density at radius 3 is 2.31 bits per heavy atom. The zero-order chi connectivity index (χ0) is 20.9. The summed E-state index contributed by atoms with van der Waals surface area (Å²) in [4.78, 5) is 12.6. The van der Waals surface area contributed by atoms with Crippen molar-refractivity contribution in [2.75, 3.05) is 4.72 Å². The number of halogens is 1. The second kappa shape index (κ2) is 8.87. The molecule has 1 atom stereocenters. The molecule has 3 rings (SSSR count). The fraction of sp³-hybridized carbons (Fsp3) is 0.136. The standard InChI is InChI=1S/C22H21FN2O3S/c1-2-21(16-7-4-3-5-8-16)24-22(26)17-9-6-10-20(15-17)29(27,28)25-19-13-11-18(23)12-14-19/h3-15,21,25H,2H2,1H3,(H,24,26)/t21-/m0/s1. The molecule has 0 saturated carbocycles. The van der Waals surface area contributed by atoms with E-state index in [2.05, 4.69) is 10.0 Å². The third kappa shape index (κ3) is 5.20. The SMILES string of the molecule is CC[C@H](NC(=O)c1cccc(S(=O)(=O)Nc2ccc(F)cc2)c1)c1ccccc1. The molecule has 0 bridgehead atoms. The third-order valence-corrected chi connectivity index (χ3v) is 5.80. The Labute approximate surface area is 169 Å². The largest absolute Gasteiger partial charge is 0.345 e. The monoisotopic (exact) mass is 412 g/mol. The molecule has 7 heteroatoms. The Morgan fingerprint density at radius 1 is 0.966 bits per heavy atom. The summed E-state index contributed by atoms with van der Waals surface area (Å²) in [5.74, 6) is -0.824. The van der Waals surface area contributed by atoms with E-state index in [9.17, 15) is 17.6 Å². The van der Waals surface area contributed by atoms with Crippen LogP contribution in [-0.4, -0.2) is 14.3 Å². The Bertz CT molecular complexity index is 1080. The van der Waals surface area contributed by atoms with Crippen molar-refractivity contribution in [2.45, 2.75) is 24.3 Å². The molecule has 1 amide bonds. The first-order chi connectivity index (χ1) is 13.9. The maximum atomic E-state index is 13.0. The predicted molar refractivity (Wildman–Crippen MR) is 111 cm³/mol. The maximum Gasteiger partial charge on any atom is 0.261 e. The van der Waals surface area contributed by atoms with Crippen molar-refractivity contribution in [3.8, 4) is 0 Å². The lowest BCUT2D eigenvalue weighted by Gasteiger charge is -2.18. The normalized spacial score (nSPS) is 12.2. The number of rotatable bonds is 7. The van der Waals surface area contributed by atoms with Gasteiger partial charge in [0.05, 0.1) is 10.9 Å². The molecule has 0 saturated heterocycles. The van der Waals surface area contributed by atoms with Gasteiger partial charge in [0, 0.05) is 11.3 Å². The number of nitrogens with one attached hydrogen (secondary N) is 2. The molecule has 0 unspecified atom stereocenters. The number of hydrogen-bond donors (Lipinski definition) is 2. The van der Waals surface area contributed by atoms with Gasteiger partial charge in [0.25, 0.3) is 15.9 Å². The van der Waals surface area contributed by atoms with Crippen LogP contribution < -0.4 is 10.0 Å². The molecule has 0 aromatic heterocycles. The van der Waals surface area contributed by atoms with Crippen LogP contribution in [0.3, 0.4) is 0 Å². The summed E-state index contributed by atoms with van der Waals surface area (Å²) in [5.41, 5.74) is 1.45. The van der Waals surface area contributed by atoms with Gasteiger partial charge in [-0.3, -0.25) is 9.52 Å². The molecule has 29 heavy (non-hydrogen) atoms. The second-order valence-electron chi connectivity index (χ2n) is 6.49. The summed E-state index contributed by atoms with van der Waals surface area (Å²) in [6, 6.07) is 20.2. The first kappa shape index (κ1) is 20.5. The van der Waals surface area contributed by atoms with E-state index >= 15 is 0 Å². The van der Waals surface area contributed by atoms with E-state index in [0.29, 0.717) is 6.42 Å². The molecule has 0 aliphatic carbocycles. The Balaban J connectivity index is 1.79. The van der Waals surface area contributed by atoms with Crippen LogP contribution in [0.1, 0.15) is 35.3 Å². The zero-order valence-corrected chi connectivity index (χ0v) is 16.6. The van der Waals surface area contributed by atoms with Gasteiger partial charge in [-0.15, -0.1) is 0 Å². The summed E-state index contributed by atoms with van der Waals surface area (Å²) >= 11 is 0. The Morgan fingerprint density at radius 2 is 1.66 bits per heavy atom. The van der Waals surface area contributed by atoms with E-state index in [1.165, 1.54) is 30.3 Å². The Hall–Kier alpha value is -3.19. The molecule has 0 radical (unpaired) electrons. The molecule has 5 nitrogen and oxygen atoms in total. The lowest BCUT2D eigenvalue weighted by molar-refractivity contribution is 0.0935. The number of benzene rings is 3. The first-order valence-electron chi connectivity index (χ1n) is 9.13. The van der Waals surface area contributed by atoms with Crippen LogP contribution in [0.15, 0.2) is 83.8 Å². The average molecular weight is 412 g/mol. The van der Waals surface area contributed by atoms with Crippen molar-refractivity contribution in [3.05, 3.63) is 95.8 Å². The van der Waals surface area contributed by atoms with Crippen LogP contribution in [0.5, 0.6) is 0 Å². The quantitative estimate of drug-likeness (QED) is 0.600. The molecule has 3 aromatic carbocycles. The lowest BCUT2D eigenvalue weighted by Crippen LogP contribution is -2.28. The van der Waals surface area contributed by atoms with Gasteiger partial charge in [0.1, 0.15) is 5.82 Å². The molecule has 0 aliphatic heterocycles. The van der Waals surface area contributed by atoms with Gasteiger partial charge in [-0.2, -0.15) is 0 Å². The minimum atomic E-state index is -3.92. The lowest BCUT2D eigenvalue weighted by atomic mass is 10.0. The van der Waals surface area contributed by atoms with Crippen LogP contribution in [0.25, 0.3) is 0 Å². The number of anilines is 1. The van der Waals surface area contributed by atoms with Gasteiger partial charge in [-0.1, -0.05) is 43.3 Å². The van der Waals surface area contributed by atoms with Crippen LogP contribution in [0.2, 0.25) is 0 Å². The average Bonchev–Trinajstić information content (AvgIpc) is 2.74. The molecule has 0 aliphatic rings. The molecule has 0 spiro atoms. The molecule has 2 N–H and O–H groups in total. The highest BCUT2D eigenvalue weighted by Crippen LogP contribution is 2.20. The van der Waals surface area contributed by atoms with Crippen molar-refractivity contribution in [3.63, 3.8) is 0 Å². The molecular formula is C22H21FN2O3S. The molecule has 0 fully saturated rings. The minimum absolute atomic E-state index is 0.0535. The van der Waals surface area contributed by atoms with Gasteiger partial charge < -0.3 is 5.32 Å². The number of hydrogen-bond acceptors (Lipinski definition) is 3. The highest BCUT2D eigenvalue weighted by Gasteiger charge is 2.18. The van der Waals surface area contributed by atoms with Gasteiger partial charge in [0.2, 0.25) is 0 Å². The van der Waals surface area contributed by atoms with Gasteiger partial charge in [-0.25, -0.2) is 12.8 Å². The van der Waals surface area contributed by atoms with Gasteiger partial charge in [0.15, 0.2) is 0 Å². The van der Waals surface area contributed by atoms with Crippen LogP contribution in [-0.2, 0) is 10.0 Å². The van der Waals surface area contributed by atoms with E-state index in [1.807, 2.05) is 37.3 Å². The van der Waals surface area contributed by atoms with Crippen LogP contribution in [0.4, 0.5) is 10.1 Å². The topological polar surface area (TPSA) is 75.3 Å². The van der Waals surface area contributed by atoms with Crippen molar-refractivity contribution in [1.29, 1.82) is 0 Å². The van der Waals surface area contributed by atoms with Crippen LogP contribution in [0, 0.1) is 5.82 Å². The molecule has 3 aromatic rings. The van der Waals surface area contributed by atoms with E-state index in [0.717, 1.165) is 17.7 Å². The number of carbonyl (C=O) groups is 1. The maximum absolute atomic E-state index is 13.0. The third-order valence-electron chi connectivity index (χ3n) is 4.42. The summed E-state index contributed by atoms with van der Waals surface area (Å²) in [7, 11) is -3.92. The van der Waals surface area contributed by atoms with Crippen molar-refractivity contribution < 1.29 is 17.6 Å². The van der Waals surface area contributed by atoms with E-state index < -0.39 is 15.8 Å². The van der Waals surface area contributed by atoms with Crippen molar-refractivity contribution >= 4 is 21.6 Å². The number of sulfonamides is 1. The van der Waals surface area contributed by atoms with Crippen molar-refractivity contribution in [1.82, 2.24) is 5.32 Å². The van der Waals surface area contributed by atoms with Gasteiger partial charge >= 0.3 is 0 Å². The smallest absolute Gasteiger partial charge is 0.261 e.